The molecular weight excluding hydrogens is 272 g/mol. The largest absolute Gasteiger partial charge is 0.326 e. The van der Waals surface area contributed by atoms with E-state index in [1.807, 2.05) is 24.3 Å². The molecule has 2 atom stereocenters. The first-order chi connectivity index (χ1) is 9.58. The van der Waals surface area contributed by atoms with E-state index in [4.69, 9.17) is 5.73 Å². The summed E-state index contributed by atoms with van der Waals surface area (Å²) in [5.41, 5.74) is 7.43. The second-order valence-electron chi connectivity index (χ2n) is 6.05. The third-order valence-corrected chi connectivity index (χ3v) is 6.45. The highest BCUT2D eigenvalue weighted by atomic mass is 32.2. The Morgan fingerprint density at radius 3 is 2.45 bits per heavy atom. The minimum atomic E-state index is -3.19. The van der Waals surface area contributed by atoms with Crippen LogP contribution in [0.4, 0.5) is 0 Å². The number of sulfonamides is 1. The molecule has 1 saturated heterocycles. The van der Waals surface area contributed by atoms with Crippen molar-refractivity contribution in [1.29, 1.82) is 0 Å². The molecule has 5 heteroatoms. The van der Waals surface area contributed by atoms with E-state index in [1.54, 1.807) is 4.31 Å². The lowest BCUT2D eigenvalue weighted by Crippen LogP contribution is -2.30. The molecule has 0 spiro atoms. The Kier molecular flexibility index (Phi) is 3.84. The summed E-state index contributed by atoms with van der Waals surface area (Å²) < 4.78 is 26.8. The van der Waals surface area contributed by atoms with Gasteiger partial charge in [-0.25, -0.2) is 12.7 Å². The first-order valence-corrected chi connectivity index (χ1v) is 8.95. The monoisotopic (exact) mass is 294 g/mol. The zero-order chi connectivity index (χ0) is 14.2. The van der Waals surface area contributed by atoms with Crippen LogP contribution in [-0.2, 0) is 22.3 Å². The second-order valence-corrected chi connectivity index (χ2v) is 8.02. The van der Waals surface area contributed by atoms with E-state index >= 15 is 0 Å². The number of nitrogens with zero attached hydrogens (tertiary/aromatic N) is 1. The molecule has 2 aliphatic rings. The van der Waals surface area contributed by atoms with Gasteiger partial charge in [-0.15, -0.1) is 0 Å². The summed E-state index contributed by atoms with van der Waals surface area (Å²) in [5.74, 6) is 1.29. The van der Waals surface area contributed by atoms with Gasteiger partial charge in [0.05, 0.1) is 5.75 Å². The molecule has 0 amide bonds. The average Bonchev–Trinajstić information content (AvgIpc) is 2.99. The zero-order valence-corrected chi connectivity index (χ0v) is 12.5. The third kappa shape index (κ3) is 2.75. The summed E-state index contributed by atoms with van der Waals surface area (Å²) in [6.07, 6.45) is 3.65. The Morgan fingerprint density at radius 2 is 1.80 bits per heavy atom. The maximum absolute atomic E-state index is 12.5. The molecule has 1 aliphatic heterocycles. The van der Waals surface area contributed by atoms with Crippen molar-refractivity contribution in [3.05, 3.63) is 35.4 Å². The fourth-order valence-electron chi connectivity index (χ4n) is 3.57. The van der Waals surface area contributed by atoms with Crippen LogP contribution in [0.1, 0.15) is 30.4 Å². The first-order valence-electron chi connectivity index (χ1n) is 7.34. The Bertz CT molecular complexity index is 573. The molecule has 20 heavy (non-hydrogen) atoms. The number of hydrogen-bond acceptors (Lipinski definition) is 3. The van der Waals surface area contributed by atoms with Crippen molar-refractivity contribution in [2.24, 2.45) is 17.6 Å². The van der Waals surface area contributed by atoms with Crippen molar-refractivity contribution in [3.8, 4) is 0 Å². The summed E-state index contributed by atoms with van der Waals surface area (Å²) in [7, 11) is -3.19. The molecule has 3 rings (SSSR count). The Morgan fingerprint density at radius 1 is 1.15 bits per heavy atom. The van der Waals surface area contributed by atoms with E-state index < -0.39 is 10.0 Å². The standard InChI is InChI=1S/C15H22N2O2S/c16-8-12-3-1-4-13(7-12)11-20(18,19)17-9-14-5-2-6-15(14)10-17/h1,3-4,7,14-15H,2,5-6,8-11,16H2. The summed E-state index contributed by atoms with van der Waals surface area (Å²) in [6.45, 7) is 1.90. The van der Waals surface area contributed by atoms with Crippen LogP contribution in [0.5, 0.6) is 0 Å². The molecule has 0 bridgehead atoms. The van der Waals surface area contributed by atoms with Gasteiger partial charge in [0.1, 0.15) is 0 Å². The number of fused-ring (bicyclic) bond motifs is 1. The van der Waals surface area contributed by atoms with Gasteiger partial charge in [-0.05, 0) is 35.8 Å². The molecule has 2 fully saturated rings. The predicted molar refractivity (Wildman–Crippen MR) is 79.4 cm³/mol. The van der Waals surface area contributed by atoms with Gasteiger partial charge in [0.15, 0.2) is 0 Å². The zero-order valence-electron chi connectivity index (χ0n) is 11.7. The maximum atomic E-state index is 12.5. The lowest BCUT2D eigenvalue weighted by Gasteiger charge is -2.17. The van der Waals surface area contributed by atoms with E-state index in [1.165, 1.54) is 19.3 Å². The van der Waals surface area contributed by atoms with Crippen molar-refractivity contribution in [3.63, 3.8) is 0 Å². The Hall–Kier alpha value is -0.910. The van der Waals surface area contributed by atoms with Crippen LogP contribution < -0.4 is 5.73 Å². The molecule has 1 heterocycles. The first kappa shape index (κ1) is 14.0. The molecule has 1 aliphatic carbocycles. The average molecular weight is 294 g/mol. The summed E-state index contributed by atoms with van der Waals surface area (Å²) in [5, 5.41) is 0. The highest BCUT2D eigenvalue weighted by Gasteiger charge is 2.40. The van der Waals surface area contributed by atoms with Crippen molar-refractivity contribution in [1.82, 2.24) is 4.31 Å². The van der Waals surface area contributed by atoms with Crippen molar-refractivity contribution in [2.75, 3.05) is 13.1 Å². The molecule has 1 aromatic rings. The Labute approximate surface area is 121 Å². The van der Waals surface area contributed by atoms with Gasteiger partial charge in [0.25, 0.3) is 0 Å². The minimum Gasteiger partial charge on any atom is -0.326 e. The molecule has 110 valence electrons. The van der Waals surface area contributed by atoms with Gasteiger partial charge < -0.3 is 5.73 Å². The second kappa shape index (κ2) is 5.47. The maximum Gasteiger partial charge on any atom is 0.218 e. The van der Waals surface area contributed by atoms with Gasteiger partial charge >= 0.3 is 0 Å². The van der Waals surface area contributed by atoms with Crippen molar-refractivity contribution in [2.45, 2.75) is 31.6 Å². The van der Waals surface area contributed by atoms with E-state index in [0.29, 0.717) is 18.4 Å². The highest BCUT2D eigenvalue weighted by Crippen LogP contribution is 2.39. The number of rotatable bonds is 4. The van der Waals surface area contributed by atoms with E-state index in [2.05, 4.69) is 0 Å². The van der Waals surface area contributed by atoms with Crippen LogP contribution in [0, 0.1) is 11.8 Å². The van der Waals surface area contributed by atoms with Crippen LogP contribution in [0.3, 0.4) is 0 Å². The molecule has 2 unspecified atom stereocenters. The van der Waals surface area contributed by atoms with Crippen LogP contribution in [-0.4, -0.2) is 25.8 Å². The van der Waals surface area contributed by atoms with Crippen LogP contribution in [0.2, 0.25) is 0 Å². The van der Waals surface area contributed by atoms with E-state index in [-0.39, 0.29) is 5.75 Å². The van der Waals surface area contributed by atoms with Gasteiger partial charge in [-0.2, -0.15) is 0 Å². The van der Waals surface area contributed by atoms with Crippen LogP contribution in [0.15, 0.2) is 24.3 Å². The lowest BCUT2D eigenvalue weighted by molar-refractivity contribution is 0.445. The molecule has 0 aromatic heterocycles. The smallest absolute Gasteiger partial charge is 0.218 e. The fraction of sp³-hybridized carbons (Fsp3) is 0.600. The molecule has 4 nitrogen and oxygen atoms in total. The minimum absolute atomic E-state index is 0.0975. The Balaban J connectivity index is 1.72. The summed E-state index contributed by atoms with van der Waals surface area (Å²) >= 11 is 0. The van der Waals surface area contributed by atoms with Crippen LogP contribution in [0.25, 0.3) is 0 Å². The molecule has 2 N–H and O–H groups in total. The number of benzene rings is 1. The summed E-state index contributed by atoms with van der Waals surface area (Å²) in [4.78, 5) is 0. The molecule has 1 aromatic carbocycles. The molecular formula is C15H22N2O2S. The number of hydrogen-bond donors (Lipinski definition) is 1. The third-order valence-electron chi connectivity index (χ3n) is 4.66. The van der Waals surface area contributed by atoms with Gasteiger partial charge in [-0.3, -0.25) is 0 Å². The lowest BCUT2D eigenvalue weighted by atomic mass is 10.0. The topological polar surface area (TPSA) is 63.4 Å². The highest BCUT2D eigenvalue weighted by molar-refractivity contribution is 7.88. The van der Waals surface area contributed by atoms with E-state index in [9.17, 15) is 8.42 Å². The normalized spacial score (nSPS) is 26.9. The van der Waals surface area contributed by atoms with Crippen LogP contribution >= 0.6 is 0 Å². The number of nitrogens with two attached hydrogens (primary N) is 1. The fourth-order valence-corrected chi connectivity index (χ4v) is 5.19. The summed E-state index contributed by atoms with van der Waals surface area (Å²) in [6, 6.07) is 7.57. The van der Waals surface area contributed by atoms with Crippen molar-refractivity contribution >= 4 is 10.0 Å². The van der Waals surface area contributed by atoms with Crippen molar-refractivity contribution < 1.29 is 8.42 Å². The van der Waals surface area contributed by atoms with Gasteiger partial charge in [0, 0.05) is 19.6 Å². The predicted octanol–water partition coefficient (Wildman–Crippen LogP) is 1.71. The molecule has 0 radical (unpaired) electrons. The van der Waals surface area contributed by atoms with Gasteiger partial charge in [0.2, 0.25) is 10.0 Å². The molecule has 1 saturated carbocycles. The SMILES string of the molecule is NCc1cccc(CS(=O)(=O)N2CC3CCCC3C2)c1. The van der Waals surface area contributed by atoms with Gasteiger partial charge in [-0.1, -0.05) is 30.7 Å². The van der Waals surface area contributed by atoms with E-state index in [0.717, 1.165) is 24.2 Å². The quantitative estimate of drug-likeness (QED) is 0.919.